The Morgan fingerprint density at radius 3 is 2.89 bits per heavy atom. The number of aliphatic imine (C=N–C) groups is 1. The van der Waals surface area contributed by atoms with E-state index in [1.807, 2.05) is 11.0 Å². The number of urea groups is 1. The first kappa shape index (κ1) is 18.7. The molecule has 0 saturated carbocycles. The minimum atomic E-state index is -0.260. The highest BCUT2D eigenvalue weighted by atomic mass is 35.5. The lowest BCUT2D eigenvalue weighted by Gasteiger charge is -2.35. The fourth-order valence-corrected chi connectivity index (χ4v) is 3.99. The van der Waals surface area contributed by atoms with Gasteiger partial charge in [0.1, 0.15) is 12.4 Å². The molecule has 0 bridgehead atoms. The molecule has 28 heavy (non-hydrogen) atoms. The summed E-state index contributed by atoms with van der Waals surface area (Å²) in [4.78, 5) is 46.2. The van der Waals surface area contributed by atoms with Gasteiger partial charge in [0, 0.05) is 43.2 Å². The molecule has 1 saturated heterocycles. The van der Waals surface area contributed by atoms with E-state index in [1.165, 1.54) is 4.90 Å². The molecule has 3 heterocycles. The molecular weight excluding hydrogens is 382 g/mol. The summed E-state index contributed by atoms with van der Waals surface area (Å²) in [7, 11) is 0. The van der Waals surface area contributed by atoms with E-state index in [0.717, 1.165) is 18.5 Å². The molecular formula is C19H22ClN5O3. The number of hydrogen-bond acceptors (Lipinski definition) is 4. The summed E-state index contributed by atoms with van der Waals surface area (Å²) >= 11 is 6.12. The molecule has 1 aromatic carbocycles. The Kier molecular flexibility index (Phi) is 5.21. The van der Waals surface area contributed by atoms with Crippen LogP contribution in [0.3, 0.4) is 0 Å². The van der Waals surface area contributed by atoms with Gasteiger partial charge in [-0.3, -0.25) is 24.4 Å². The van der Waals surface area contributed by atoms with E-state index >= 15 is 0 Å². The predicted molar refractivity (Wildman–Crippen MR) is 106 cm³/mol. The molecule has 9 heteroatoms. The number of carbonyl (C=O) groups excluding carboxylic acids is 3. The normalized spacial score (nSPS) is 18.3. The van der Waals surface area contributed by atoms with Gasteiger partial charge in [0.15, 0.2) is 0 Å². The number of rotatable bonds is 6. The first-order chi connectivity index (χ1) is 13.5. The Labute approximate surface area is 168 Å². The Hall–Kier alpha value is -2.61. The number of anilines is 1. The van der Waals surface area contributed by atoms with Gasteiger partial charge in [-0.2, -0.15) is 0 Å². The summed E-state index contributed by atoms with van der Waals surface area (Å²) in [6, 6.07) is 5.02. The van der Waals surface area contributed by atoms with Gasteiger partial charge in [-0.1, -0.05) is 11.6 Å². The summed E-state index contributed by atoms with van der Waals surface area (Å²) < 4.78 is 0. The van der Waals surface area contributed by atoms with Gasteiger partial charge < -0.3 is 10.2 Å². The van der Waals surface area contributed by atoms with Crippen LogP contribution in [-0.2, 0) is 9.59 Å². The fraction of sp³-hybridized carbons (Fsp3) is 0.474. The molecule has 1 N–H and O–H groups in total. The van der Waals surface area contributed by atoms with Crippen molar-refractivity contribution in [2.75, 3.05) is 44.2 Å². The van der Waals surface area contributed by atoms with Crippen LogP contribution in [-0.4, -0.2) is 72.7 Å². The third-order valence-electron chi connectivity index (χ3n) is 5.19. The van der Waals surface area contributed by atoms with Crippen LogP contribution in [0.5, 0.6) is 0 Å². The lowest BCUT2D eigenvalue weighted by atomic mass is 10.1. The maximum absolute atomic E-state index is 12.9. The van der Waals surface area contributed by atoms with Crippen molar-refractivity contribution in [3.8, 4) is 0 Å². The molecule has 0 atom stereocenters. The Bertz CT molecular complexity index is 856. The minimum absolute atomic E-state index is 0.0847. The Morgan fingerprint density at radius 1 is 1.25 bits per heavy atom. The molecule has 0 aliphatic carbocycles. The van der Waals surface area contributed by atoms with Gasteiger partial charge in [0.25, 0.3) is 0 Å². The van der Waals surface area contributed by atoms with Crippen LogP contribution in [0, 0.1) is 0 Å². The van der Waals surface area contributed by atoms with Crippen LogP contribution in [0.1, 0.15) is 24.8 Å². The highest BCUT2D eigenvalue weighted by Gasteiger charge is 2.38. The van der Waals surface area contributed by atoms with Crippen LogP contribution in [0.25, 0.3) is 0 Å². The number of amidine groups is 1. The highest BCUT2D eigenvalue weighted by Crippen LogP contribution is 2.32. The van der Waals surface area contributed by atoms with E-state index in [1.54, 1.807) is 17.0 Å². The van der Waals surface area contributed by atoms with Gasteiger partial charge in [0.2, 0.25) is 11.8 Å². The standard InChI is InChI=1S/C19H22ClN5O3/c20-13-4-5-14-15(11-13)25(19(28)24-10-7-22-18(14)24)12-16(26)21-6-2-9-23-8-1-3-17(23)27/h4-5,11H,1-3,6-10,12H2,(H,21,26). The lowest BCUT2D eigenvalue weighted by Crippen LogP contribution is -2.52. The molecule has 3 aliphatic rings. The molecule has 4 amide bonds. The smallest absolute Gasteiger partial charge is 0.330 e. The molecule has 4 rings (SSSR count). The van der Waals surface area contributed by atoms with Crippen molar-refractivity contribution in [3.05, 3.63) is 28.8 Å². The topological polar surface area (TPSA) is 85.3 Å². The largest absolute Gasteiger partial charge is 0.354 e. The number of carbonyl (C=O) groups is 3. The van der Waals surface area contributed by atoms with Crippen LogP contribution in [0.15, 0.2) is 23.2 Å². The predicted octanol–water partition coefficient (Wildman–Crippen LogP) is 1.47. The molecule has 1 aromatic rings. The number of nitrogens with one attached hydrogen (secondary N) is 1. The molecule has 0 unspecified atom stereocenters. The molecule has 3 aliphatic heterocycles. The summed E-state index contributed by atoms with van der Waals surface area (Å²) in [6.07, 6.45) is 2.22. The van der Waals surface area contributed by atoms with E-state index in [4.69, 9.17) is 11.6 Å². The quantitative estimate of drug-likeness (QED) is 0.730. The van der Waals surface area contributed by atoms with Gasteiger partial charge in [-0.05, 0) is 31.0 Å². The number of halogens is 1. The van der Waals surface area contributed by atoms with Gasteiger partial charge in [0.05, 0.1) is 12.2 Å². The zero-order valence-electron chi connectivity index (χ0n) is 15.5. The zero-order chi connectivity index (χ0) is 19.7. The lowest BCUT2D eigenvalue weighted by molar-refractivity contribution is -0.127. The van der Waals surface area contributed by atoms with Crippen LogP contribution >= 0.6 is 11.6 Å². The van der Waals surface area contributed by atoms with E-state index < -0.39 is 0 Å². The second-order valence-electron chi connectivity index (χ2n) is 7.08. The van der Waals surface area contributed by atoms with Crippen molar-refractivity contribution in [1.29, 1.82) is 0 Å². The maximum Gasteiger partial charge on any atom is 0.330 e. The Balaban J connectivity index is 1.38. The maximum atomic E-state index is 12.9. The first-order valence-corrected chi connectivity index (χ1v) is 9.90. The molecule has 1 fully saturated rings. The van der Waals surface area contributed by atoms with Crippen LogP contribution in [0.2, 0.25) is 5.02 Å². The second-order valence-corrected chi connectivity index (χ2v) is 7.51. The fourth-order valence-electron chi connectivity index (χ4n) is 3.82. The zero-order valence-corrected chi connectivity index (χ0v) is 16.2. The summed E-state index contributed by atoms with van der Waals surface area (Å²) in [5.41, 5.74) is 1.41. The molecule has 0 spiro atoms. The number of benzene rings is 1. The summed E-state index contributed by atoms with van der Waals surface area (Å²) in [5.74, 6) is 0.581. The first-order valence-electron chi connectivity index (χ1n) is 9.52. The number of amides is 4. The minimum Gasteiger partial charge on any atom is -0.354 e. The molecule has 8 nitrogen and oxygen atoms in total. The van der Waals surface area contributed by atoms with Crippen molar-refractivity contribution in [2.24, 2.45) is 4.99 Å². The van der Waals surface area contributed by atoms with Crippen molar-refractivity contribution in [3.63, 3.8) is 0 Å². The van der Waals surface area contributed by atoms with Crippen LogP contribution < -0.4 is 10.2 Å². The third kappa shape index (κ3) is 3.56. The molecule has 0 aromatic heterocycles. The van der Waals surface area contributed by atoms with E-state index in [-0.39, 0.29) is 24.4 Å². The van der Waals surface area contributed by atoms with Crippen molar-refractivity contribution in [2.45, 2.75) is 19.3 Å². The Morgan fingerprint density at radius 2 is 2.11 bits per heavy atom. The van der Waals surface area contributed by atoms with Crippen molar-refractivity contribution in [1.82, 2.24) is 15.1 Å². The van der Waals surface area contributed by atoms with E-state index in [9.17, 15) is 14.4 Å². The van der Waals surface area contributed by atoms with Crippen LogP contribution in [0.4, 0.5) is 10.5 Å². The van der Waals surface area contributed by atoms with Gasteiger partial charge in [-0.25, -0.2) is 4.79 Å². The SMILES string of the molecule is O=C(CN1C(=O)N2CCN=C2c2ccc(Cl)cc21)NCCCN1CCCC1=O. The monoisotopic (exact) mass is 403 g/mol. The van der Waals surface area contributed by atoms with Gasteiger partial charge >= 0.3 is 6.03 Å². The number of hydrogen-bond donors (Lipinski definition) is 1. The summed E-state index contributed by atoms with van der Waals surface area (Å²) in [5, 5.41) is 3.34. The second kappa shape index (κ2) is 7.79. The van der Waals surface area contributed by atoms with E-state index in [2.05, 4.69) is 10.3 Å². The van der Waals surface area contributed by atoms with Crippen molar-refractivity contribution < 1.29 is 14.4 Å². The average Bonchev–Trinajstić information content (AvgIpc) is 3.31. The third-order valence-corrected chi connectivity index (χ3v) is 5.43. The number of fused-ring (bicyclic) bond motifs is 3. The molecule has 148 valence electrons. The number of likely N-dealkylation sites (tertiary alicyclic amines) is 1. The van der Waals surface area contributed by atoms with E-state index in [0.29, 0.717) is 55.6 Å². The van der Waals surface area contributed by atoms with Gasteiger partial charge in [-0.15, -0.1) is 0 Å². The average molecular weight is 404 g/mol. The summed E-state index contributed by atoms with van der Waals surface area (Å²) in [6.45, 7) is 2.89. The number of nitrogens with zero attached hydrogens (tertiary/aromatic N) is 4. The van der Waals surface area contributed by atoms with Crippen molar-refractivity contribution >= 4 is 41.0 Å². The molecule has 0 radical (unpaired) electrons. The highest BCUT2D eigenvalue weighted by molar-refractivity contribution is 6.31.